The van der Waals surface area contributed by atoms with E-state index in [1.165, 1.54) is 5.56 Å². The molecule has 0 heterocycles. The summed E-state index contributed by atoms with van der Waals surface area (Å²) >= 11 is -1.91. The van der Waals surface area contributed by atoms with Crippen LogP contribution in [0.25, 0.3) is 10.8 Å². The summed E-state index contributed by atoms with van der Waals surface area (Å²) in [4.78, 5) is 0.482. The Kier molecular flexibility index (Phi) is 2.84. The summed E-state index contributed by atoms with van der Waals surface area (Å²) in [6.45, 7) is 2.09. The van der Waals surface area contributed by atoms with Crippen LogP contribution in [0.5, 0.6) is 0 Å². The predicted octanol–water partition coefficient (Wildman–Crippen LogP) is 2.98. The third-order valence-electron chi connectivity index (χ3n) is 2.50. The first kappa shape index (κ1) is 10.3. The minimum atomic E-state index is -1.91. The lowest BCUT2D eigenvalue weighted by atomic mass is 10.1. The SMILES string of the molecule is CCc1ccc2c(S(=O)O)cccc2c1. The molecule has 0 aliphatic heterocycles. The first-order valence-electron chi connectivity index (χ1n) is 4.85. The average Bonchev–Trinajstić information content (AvgIpc) is 2.27. The molecule has 2 nitrogen and oxygen atoms in total. The Balaban J connectivity index is 2.72. The maximum absolute atomic E-state index is 11.1. The highest BCUT2D eigenvalue weighted by atomic mass is 32.2. The molecule has 0 saturated heterocycles. The number of rotatable bonds is 2. The van der Waals surface area contributed by atoms with Crippen molar-refractivity contribution in [2.75, 3.05) is 0 Å². The number of hydrogen-bond donors (Lipinski definition) is 1. The molecule has 0 saturated carbocycles. The lowest BCUT2D eigenvalue weighted by molar-refractivity contribution is 0.565. The molecule has 0 aliphatic rings. The second kappa shape index (κ2) is 4.13. The molecule has 0 amide bonds. The van der Waals surface area contributed by atoms with Gasteiger partial charge in [0, 0.05) is 5.39 Å². The van der Waals surface area contributed by atoms with Gasteiger partial charge in [-0.2, -0.15) is 0 Å². The molecule has 0 spiro atoms. The fourth-order valence-corrected chi connectivity index (χ4v) is 2.24. The van der Waals surface area contributed by atoms with E-state index in [0.29, 0.717) is 4.90 Å². The molecule has 2 aromatic rings. The van der Waals surface area contributed by atoms with Gasteiger partial charge in [0.05, 0.1) is 4.90 Å². The van der Waals surface area contributed by atoms with Crippen LogP contribution in [0.15, 0.2) is 41.3 Å². The first-order chi connectivity index (χ1) is 7.22. The molecule has 78 valence electrons. The van der Waals surface area contributed by atoms with Crippen LogP contribution in [0.2, 0.25) is 0 Å². The van der Waals surface area contributed by atoms with E-state index in [-0.39, 0.29) is 0 Å². The average molecular weight is 220 g/mol. The third kappa shape index (κ3) is 1.94. The van der Waals surface area contributed by atoms with Crippen molar-refractivity contribution in [3.05, 3.63) is 42.0 Å². The normalized spacial score (nSPS) is 12.9. The Morgan fingerprint density at radius 2 is 2.07 bits per heavy atom. The van der Waals surface area contributed by atoms with Crippen molar-refractivity contribution in [2.45, 2.75) is 18.2 Å². The monoisotopic (exact) mass is 220 g/mol. The van der Waals surface area contributed by atoms with Gasteiger partial charge in [-0.15, -0.1) is 0 Å². The van der Waals surface area contributed by atoms with Gasteiger partial charge in [-0.3, -0.25) is 0 Å². The van der Waals surface area contributed by atoms with Crippen LogP contribution < -0.4 is 0 Å². The standard InChI is InChI=1S/C12H12O2S/c1-2-9-6-7-11-10(8-9)4-3-5-12(11)15(13)14/h3-8H,2H2,1H3,(H,13,14). The van der Waals surface area contributed by atoms with Crippen molar-refractivity contribution in [2.24, 2.45) is 0 Å². The molecule has 0 radical (unpaired) electrons. The Hall–Kier alpha value is -1.19. The van der Waals surface area contributed by atoms with Crippen LogP contribution in [-0.2, 0) is 17.5 Å². The van der Waals surface area contributed by atoms with Gasteiger partial charge >= 0.3 is 0 Å². The second-order valence-electron chi connectivity index (χ2n) is 3.41. The zero-order chi connectivity index (χ0) is 10.8. The van der Waals surface area contributed by atoms with Gasteiger partial charge in [-0.1, -0.05) is 37.3 Å². The van der Waals surface area contributed by atoms with Crippen molar-refractivity contribution >= 4 is 21.9 Å². The third-order valence-corrected chi connectivity index (χ3v) is 3.23. The summed E-state index contributed by atoms with van der Waals surface area (Å²) in [5, 5.41) is 1.88. The van der Waals surface area contributed by atoms with Gasteiger partial charge in [-0.25, -0.2) is 4.21 Å². The van der Waals surface area contributed by atoms with Gasteiger partial charge in [0.15, 0.2) is 11.1 Å². The van der Waals surface area contributed by atoms with Crippen LogP contribution in [0, 0.1) is 0 Å². The van der Waals surface area contributed by atoms with Gasteiger partial charge in [0.25, 0.3) is 0 Å². The Morgan fingerprint density at radius 3 is 2.73 bits per heavy atom. The van der Waals surface area contributed by atoms with Gasteiger partial charge in [0.1, 0.15) is 0 Å². The van der Waals surface area contributed by atoms with E-state index in [4.69, 9.17) is 4.55 Å². The molecule has 0 aliphatic carbocycles. The Labute approximate surface area is 91.2 Å². The zero-order valence-corrected chi connectivity index (χ0v) is 9.25. The Bertz CT molecular complexity index is 520. The molecular weight excluding hydrogens is 208 g/mol. The minimum absolute atomic E-state index is 0.482. The van der Waals surface area contributed by atoms with Crippen molar-refractivity contribution in [1.29, 1.82) is 0 Å². The summed E-state index contributed by atoms with van der Waals surface area (Å²) in [6.07, 6.45) is 0.975. The Morgan fingerprint density at radius 1 is 1.27 bits per heavy atom. The summed E-state index contributed by atoms with van der Waals surface area (Å²) in [6, 6.07) is 11.4. The van der Waals surface area contributed by atoms with Crippen molar-refractivity contribution in [3.63, 3.8) is 0 Å². The molecular formula is C12H12O2S. The van der Waals surface area contributed by atoms with Gasteiger partial charge in [0.2, 0.25) is 0 Å². The molecule has 0 aromatic heterocycles. The molecule has 3 heteroatoms. The number of hydrogen-bond acceptors (Lipinski definition) is 1. The van der Waals surface area contributed by atoms with Crippen LogP contribution in [-0.4, -0.2) is 8.76 Å². The summed E-state index contributed by atoms with van der Waals surface area (Å²) in [5.74, 6) is 0. The molecule has 0 fully saturated rings. The number of benzene rings is 2. The fourth-order valence-electron chi connectivity index (χ4n) is 1.68. The zero-order valence-electron chi connectivity index (χ0n) is 8.43. The molecule has 1 N–H and O–H groups in total. The van der Waals surface area contributed by atoms with E-state index < -0.39 is 11.1 Å². The summed E-state index contributed by atoms with van der Waals surface area (Å²) < 4.78 is 20.2. The van der Waals surface area contributed by atoms with E-state index in [1.54, 1.807) is 6.07 Å². The molecule has 2 rings (SSSR count). The molecule has 15 heavy (non-hydrogen) atoms. The van der Waals surface area contributed by atoms with Crippen molar-refractivity contribution in [1.82, 2.24) is 0 Å². The van der Waals surface area contributed by atoms with E-state index in [9.17, 15) is 4.21 Å². The fraction of sp³-hybridized carbons (Fsp3) is 0.167. The van der Waals surface area contributed by atoms with E-state index in [2.05, 4.69) is 13.0 Å². The quantitative estimate of drug-likeness (QED) is 0.790. The van der Waals surface area contributed by atoms with Crippen LogP contribution in [0.3, 0.4) is 0 Å². The lowest BCUT2D eigenvalue weighted by Gasteiger charge is -2.04. The highest BCUT2D eigenvalue weighted by Gasteiger charge is 2.05. The second-order valence-corrected chi connectivity index (χ2v) is 4.35. The highest BCUT2D eigenvalue weighted by molar-refractivity contribution is 7.79. The van der Waals surface area contributed by atoms with Crippen molar-refractivity contribution < 1.29 is 8.76 Å². The minimum Gasteiger partial charge on any atom is -0.302 e. The molecule has 1 unspecified atom stereocenters. The van der Waals surface area contributed by atoms with Crippen LogP contribution in [0.4, 0.5) is 0 Å². The smallest absolute Gasteiger partial charge is 0.187 e. The van der Waals surface area contributed by atoms with Crippen LogP contribution >= 0.6 is 0 Å². The topological polar surface area (TPSA) is 37.3 Å². The predicted molar refractivity (Wildman–Crippen MR) is 62.4 cm³/mol. The maximum atomic E-state index is 11.1. The number of fused-ring (bicyclic) bond motifs is 1. The maximum Gasteiger partial charge on any atom is 0.187 e. The van der Waals surface area contributed by atoms with E-state index >= 15 is 0 Å². The number of aryl methyl sites for hydroxylation is 1. The van der Waals surface area contributed by atoms with E-state index in [0.717, 1.165) is 17.2 Å². The first-order valence-corrected chi connectivity index (χ1v) is 5.95. The molecule has 1 atom stereocenters. The highest BCUT2D eigenvalue weighted by Crippen LogP contribution is 2.22. The molecule has 2 aromatic carbocycles. The summed E-state index contributed by atoms with van der Waals surface area (Å²) in [5.41, 5.74) is 1.24. The van der Waals surface area contributed by atoms with Gasteiger partial charge in [-0.05, 0) is 23.4 Å². The largest absolute Gasteiger partial charge is 0.302 e. The van der Waals surface area contributed by atoms with E-state index in [1.807, 2.05) is 24.3 Å². The van der Waals surface area contributed by atoms with Gasteiger partial charge < -0.3 is 4.55 Å². The van der Waals surface area contributed by atoms with Crippen molar-refractivity contribution in [3.8, 4) is 0 Å². The summed E-state index contributed by atoms with van der Waals surface area (Å²) in [7, 11) is 0. The lowest BCUT2D eigenvalue weighted by Crippen LogP contribution is -1.90. The molecule has 0 bridgehead atoms. The van der Waals surface area contributed by atoms with Crippen LogP contribution in [0.1, 0.15) is 12.5 Å².